The summed E-state index contributed by atoms with van der Waals surface area (Å²) in [5.74, 6) is -0.0534. The van der Waals surface area contributed by atoms with E-state index in [2.05, 4.69) is 54.6 Å². The molecule has 2 rings (SSSR count). The van der Waals surface area contributed by atoms with Crippen LogP contribution >= 0.6 is 43.2 Å². The molecule has 2 N–H and O–H groups in total. The quantitative estimate of drug-likeness (QED) is 0.721. The van der Waals surface area contributed by atoms with Crippen LogP contribution < -0.4 is 10.6 Å². The van der Waals surface area contributed by atoms with Gasteiger partial charge >= 0.3 is 0 Å². The second-order valence-electron chi connectivity index (χ2n) is 4.40. The number of aryl methyl sites for hydroxylation is 1. The molecule has 0 atom stereocenters. The summed E-state index contributed by atoms with van der Waals surface area (Å²) in [5, 5.41) is 8.20. The first kappa shape index (κ1) is 15.5. The van der Waals surface area contributed by atoms with Crippen molar-refractivity contribution in [1.82, 2.24) is 0 Å². The van der Waals surface area contributed by atoms with Crippen LogP contribution in [0.2, 0.25) is 0 Å². The van der Waals surface area contributed by atoms with Crippen molar-refractivity contribution in [2.75, 3.05) is 10.6 Å². The van der Waals surface area contributed by atoms with Gasteiger partial charge in [0.25, 0.3) is 0 Å². The Morgan fingerprint density at radius 1 is 1.30 bits per heavy atom. The fourth-order valence-corrected chi connectivity index (χ4v) is 4.28. The minimum atomic E-state index is -0.0534. The predicted molar refractivity (Wildman–Crippen MR) is 92.5 cm³/mol. The molecule has 1 heterocycles. The van der Waals surface area contributed by atoms with Crippen molar-refractivity contribution in [2.45, 2.75) is 20.4 Å². The fourth-order valence-electron chi connectivity index (χ4n) is 1.82. The lowest BCUT2D eigenvalue weighted by Gasteiger charge is -2.12. The monoisotopic (exact) mass is 416 g/mol. The van der Waals surface area contributed by atoms with E-state index >= 15 is 0 Å². The van der Waals surface area contributed by atoms with Gasteiger partial charge in [-0.05, 0) is 67.9 Å². The first-order chi connectivity index (χ1) is 9.47. The molecule has 0 unspecified atom stereocenters. The number of carbonyl (C=O) groups excluding carboxylic acids is 1. The number of nitrogens with one attached hydrogen (secondary N) is 2. The molecule has 1 amide bonds. The summed E-state index contributed by atoms with van der Waals surface area (Å²) in [6, 6.07) is 6.05. The van der Waals surface area contributed by atoms with E-state index in [0.29, 0.717) is 6.54 Å². The molecule has 20 heavy (non-hydrogen) atoms. The topological polar surface area (TPSA) is 41.1 Å². The van der Waals surface area contributed by atoms with Crippen LogP contribution in [0.4, 0.5) is 11.4 Å². The van der Waals surface area contributed by atoms with Gasteiger partial charge in [0.1, 0.15) is 0 Å². The van der Waals surface area contributed by atoms with Crippen LogP contribution in [0.3, 0.4) is 0 Å². The molecule has 6 heteroatoms. The molecule has 0 bridgehead atoms. The molecular weight excluding hydrogens is 404 g/mol. The summed E-state index contributed by atoms with van der Waals surface area (Å²) in [5.41, 5.74) is 3.07. The van der Waals surface area contributed by atoms with E-state index in [1.54, 1.807) is 11.3 Å². The Kier molecular flexibility index (Phi) is 5.23. The molecule has 0 spiro atoms. The third kappa shape index (κ3) is 3.84. The van der Waals surface area contributed by atoms with Crippen molar-refractivity contribution in [3.05, 3.63) is 43.0 Å². The minimum Gasteiger partial charge on any atom is -0.378 e. The number of hydrogen-bond acceptors (Lipinski definition) is 3. The zero-order valence-electron chi connectivity index (χ0n) is 11.1. The van der Waals surface area contributed by atoms with Crippen molar-refractivity contribution in [3.63, 3.8) is 0 Å². The third-order valence-electron chi connectivity index (χ3n) is 2.67. The van der Waals surface area contributed by atoms with Gasteiger partial charge in [-0.2, -0.15) is 0 Å². The van der Waals surface area contributed by atoms with Crippen LogP contribution in [0, 0.1) is 6.92 Å². The molecule has 0 saturated heterocycles. The summed E-state index contributed by atoms with van der Waals surface area (Å²) in [6.45, 7) is 4.23. The van der Waals surface area contributed by atoms with E-state index in [1.165, 1.54) is 12.5 Å². The van der Waals surface area contributed by atoms with Crippen LogP contribution in [0.25, 0.3) is 0 Å². The molecular formula is C14H14Br2N2OS. The summed E-state index contributed by atoms with van der Waals surface area (Å²) in [4.78, 5) is 12.2. The Morgan fingerprint density at radius 3 is 2.55 bits per heavy atom. The van der Waals surface area contributed by atoms with Gasteiger partial charge in [0.2, 0.25) is 5.91 Å². The Hall–Kier alpha value is -0.850. The number of carbonyl (C=O) groups is 1. The molecule has 2 aromatic rings. The Labute approximate surface area is 139 Å². The van der Waals surface area contributed by atoms with Crippen molar-refractivity contribution in [2.24, 2.45) is 0 Å². The number of hydrogen-bond donors (Lipinski definition) is 2. The summed E-state index contributed by atoms with van der Waals surface area (Å²) < 4.78 is 2.03. The average molecular weight is 418 g/mol. The molecule has 0 aliphatic heterocycles. The van der Waals surface area contributed by atoms with Gasteiger partial charge in [0.15, 0.2) is 0 Å². The summed E-state index contributed by atoms with van der Waals surface area (Å²) >= 11 is 8.74. The van der Waals surface area contributed by atoms with E-state index in [1.807, 2.05) is 18.4 Å². The van der Waals surface area contributed by atoms with E-state index in [-0.39, 0.29) is 5.91 Å². The van der Waals surface area contributed by atoms with E-state index in [0.717, 1.165) is 25.2 Å². The highest BCUT2D eigenvalue weighted by molar-refractivity contribution is 9.11. The lowest BCUT2D eigenvalue weighted by Crippen LogP contribution is -2.08. The van der Waals surface area contributed by atoms with Crippen LogP contribution in [0.5, 0.6) is 0 Å². The van der Waals surface area contributed by atoms with Crippen LogP contribution in [-0.4, -0.2) is 5.91 Å². The van der Waals surface area contributed by atoms with Crippen molar-refractivity contribution < 1.29 is 4.79 Å². The Bertz CT molecular complexity index is 617. The van der Waals surface area contributed by atoms with Gasteiger partial charge in [-0.15, -0.1) is 11.3 Å². The second kappa shape index (κ2) is 6.74. The smallest absolute Gasteiger partial charge is 0.221 e. The zero-order chi connectivity index (χ0) is 14.7. The number of thiophene rings is 1. The maximum atomic E-state index is 11.1. The molecule has 0 radical (unpaired) electrons. The minimum absolute atomic E-state index is 0.0534. The van der Waals surface area contributed by atoms with E-state index in [9.17, 15) is 4.79 Å². The largest absolute Gasteiger partial charge is 0.378 e. The van der Waals surface area contributed by atoms with Crippen LogP contribution in [-0.2, 0) is 11.3 Å². The highest BCUT2D eigenvalue weighted by atomic mass is 79.9. The molecule has 0 aliphatic rings. The standard InChI is InChI=1S/C14H14Br2N2OS/c1-8-5-10(15)14(11(16)6-8)17-7-13-12(3-4-20-13)18-9(2)19/h3-6,17H,7H2,1-2H3,(H,18,19). The van der Waals surface area contributed by atoms with Crippen LogP contribution in [0.1, 0.15) is 17.4 Å². The highest BCUT2D eigenvalue weighted by Crippen LogP contribution is 2.33. The lowest BCUT2D eigenvalue weighted by molar-refractivity contribution is -0.114. The van der Waals surface area contributed by atoms with Gasteiger partial charge in [-0.25, -0.2) is 0 Å². The van der Waals surface area contributed by atoms with Gasteiger partial charge < -0.3 is 10.6 Å². The molecule has 0 fully saturated rings. The predicted octanol–water partition coefficient (Wildman–Crippen LogP) is 5.15. The van der Waals surface area contributed by atoms with Crippen LogP contribution in [0.15, 0.2) is 32.5 Å². The molecule has 1 aromatic carbocycles. The highest BCUT2D eigenvalue weighted by Gasteiger charge is 2.09. The normalized spacial score (nSPS) is 10.4. The second-order valence-corrected chi connectivity index (χ2v) is 7.11. The van der Waals surface area contributed by atoms with Crippen molar-refractivity contribution in [3.8, 4) is 0 Å². The molecule has 1 aromatic heterocycles. The average Bonchev–Trinajstić information content (AvgIpc) is 2.74. The lowest BCUT2D eigenvalue weighted by atomic mass is 10.2. The molecule has 0 aliphatic carbocycles. The Morgan fingerprint density at radius 2 is 1.95 bits per heavy atom. The molecule has 3 nitrogen and oxygen atoms in total. The van der Waals surface area contributed by atoms with E-state index < -0.39 is 0 Å². The third-order valence-corrected chi connectivity index (χ3v) is 4.84. The van der Waals surface area contributed by atoms with Gasteiger partial charge in [-0.3, -0.25) is 4.79 Å². The zero-order valence-corrected chi connectivity index (χ0v) is 15.1. The number of rotatable bonds is 4. The summed E-state index contributed by atoms with van der Waals surface area (Å²) in [7, 11) is 0. The number of halogens is 2. The first-order valence-electron chi connectivity index (χ1n) is 6.01. The van der Waals surface area contributed by atoms with Gasteiger partial charge in [-0.1, -0.05) is 0 Å². The molecule has 106 valence electrons. The molecule has 0 saturated carbocycles. The number of amides is 1. The Balaban J connectivity index is 2.13. The van der Waals surface area contributed by atoms with E-state index in [4.69, 9.17) is 0 Å². The maximum Gasteiger partial charge on any atom is 0.221 e. The summed E-state index contributed by atoms with van der Waals surface area (Å²) in [6.07, 6.45) is 0. The van der Waals surface area contributed by atoms with Gasteiger partial charge in [0.05, 0.1) is 17.9 Å². The maximum absolute atomic E-state index is 11.1. The number of anilines is 2. The fraction of sp³-hybridized carbons (Fsp3) is 0.214. The van der Waals surface area contributed by atoms with Gasteiger partial charge in [0, 0.05) is 20.7 Å². The first-order valence-corrected chi connectivity index (χ1v) is 8.47. The van der Waals surface area contributed by atoms with Crippen molar-refractivity contribution in [1.29, 1.82) is 0 Å². The van der Waals surface area contributed by atoms with Crippen molar-refractivity contribution >= 4 is 60.5 Å². The SMILES string of the molecule is CC(=O)Nc1ccsc1CNc1c(Br)cc(C)cc1Br. The number of benzene rings is 1.